The Kier molecular flexibility index (Phi) is 4.97. The molecule has 1 N–H and O–H groups in total. The first-order valence-corrected chi connectivity index (χ1v) is 8.77. The first kappa shape index (κ1) is 15.1. The van der Waals surface area contributed by atoms with E-state index in [4.69, 9.17) is 0 Å². The summed E-state index contributed by atoms with van der Waals surface area (Å²) in [5.74, 6) is 0.829. The van der Waals surface area contributed by atoms with Crippen LogP contribution in [0.1, 0.15) is 49.8 Å². The Labute approximate surface area is 129 Å². The van der Waals surface area contributed by atoms with Crippen LogP contribution in [-0.4, -0.2) is 30.6 Å². The van der Waals surface area contributed by atoms with E-state index >= 15 is 0 Å². The molecule has 3 rings (SSSR count). The predicted octanol–water partition coefficient (Wildman–Crippen LogP) is 3.39. The smallest absolute Gasteiger partial charge is 0.0233 e. The van der Waals surface area contributed by atoms with E-state index in [0.29, 0.717) is 6.04 Å². The monoisotopic (exact) mass is 286 g/mol. The number of fused-ring (bicyclic) bond motifs is 1. The van der Waals surface area contributed by atoms with Crippen LogP contribution in [0.4, 0.5) is 0 Å². The van der Waals surface area contributed by atoms with Gasteiger partial charge in [-0.1, -0.05) is 32.0 Å². The molecule has 116 valence electrons. The fraction of sp³-hybridized carbons (Fsp3) is 0.684. The number of hydrogen-bond acceptors (Lipinski definition) is 2. The molecule has 2 aliphatic rings. The van der Waals surface area contributed by atoms with E-state index in [0.717, 1.165) is 12.5 Å². The summed E-state index contributed by atoms with van der Waals surface area (Å²) in [6, 6.07) is 7.81. The standard InChI is InChI=1S/C19H30N2/c1-15(2)20-12-17-5-4-10-21(14-17)13-16-8-9-18-6-3-7-19(18)11-16/h8-9,11,15,17,20H,3-7,10,12-14H2,1-2H3. The third kappa shape index (κ3) is 4.08. The Morgan fingerprint density at radius 2 is 2.05 bits per heavy atom. The van der Waals surface area contributed by atoms with E-state index in [-0.39, 0.29) is 0 Å². The molecule has 2 heteroatoms. The highest BCUT2D eigenvalue weighted by molar-refractivity contribution is 5.35. The molecule has 0 radical (unpaired) electrons. The highest BCUT2D eigenvalue weighted by atomic mass is 15.1. The summed E-state index contributed by atoms with van der Waals surface area (Å²) in [6.07, 6.45) is 6.69. The minimum Gasteiger partial charge on any atom is -0.314 e. The average molecular weight is 286 g/mol. The second kappa shape index (κ2) is 6.93. The maximum atomic E-state index is 3.61. The molecule has 1 aliphatic heterocycles. The van der Waals surface area contributed by atoms with Crippen molar-refractivity contribution in [1.29, 1.82) is 0 Å². The summed E-state index contributed by atoms with van der Waals surface area (Å²) in [5.41, 5.74) is 4.73. The molecule has 2 nitrogen and oxygen atoms in total. The average Bonchev–Trinajstić information content (AvgIpc) is 2.93. The van der Waals surface area contributed by atoms with Crippen molar-refractivity contribution < 1.29 is 0 Å². The summed E-state index contributed by atoms with van der Waals surface area (Å²) >= 11 is 0. The minimum absolute atomic E-state index is 0.608. The van der Waals surface area contributed by atoms with Gasteiger partial charge in [0.05, 0.1) is 0 Å². The topological polar surface area (TPSA) is 15.3 Å². The molecule has 0 bridgehead atoms. The molecule has 1 fully saturated rings. The summed E-state index contributed by atoms with van der Waals surface area (Å²) in [4.78, 5) is 2.66. The molecule has 1 aliphatic carbocycles. The molecule has 0 spiro atoms. The van der Waals surface area contributed by atoms with Crippen LogP contribution in [0, 0.1) is 5.92 Å². The van der Waals surface area contributed by atoms with Crippen LogP contribution in [0.3, 0.4) is 0 Å². The van der Waals surface area contributed by atoms with Crippen LogP contribution >= 0.6 is 0 Å². The zero-order valence-corrected chi connectivity index (χ0v) is 13.7. The molecule has 1 saturated heterocycles. The van der Waals surface area contributed by atoms with Crippen LogP contribution < -0.4 is 5.32 Å². The number of nitrogens with one attached hydrogen (secondary N) is 1. The van der Waals surface area contributed by atoms with Gasteiger partial charge in [-0.2, -0.15) is 0 Å². The van der Waals surface area contributed by atoms with Gasteiger partial charge >= 0.3 is 0 Å². The zero-order valence-electron chi connectivity index (χ0n) is 13.7. The Morgan fingerprint density at radius 3 is 2.90 bits per heavy atom. The second-order valence-corrected chi connectivity index (χ2v) is 7.26. The Bertz CT molecular complexity index is 467. The number of nitrogens with zero attached hydrogens (tertiary/aromatic N) is 1. The van der Waals surface area contributed by atoms with E-state index in [1.807, 2.05) is 0 Å². The van der Waals surface area contributed by atoms with E-state index < -0.39 is 0 Å². The molecule has 1 aromatic rings. The SMILES string of the molecule is CC(C)NCC1CCCN(Cc2ccc3c(c2)CCC3)C1. The van der Waals surface area contributed by atoms with Crippen LogP contribution in [0.25, 0.3) is 0 Å². The van der Waals surface area contributed by atoms with Crippen LogP contribution in [0.2, 0.25) is 0 Å². The maximum absolute atomic E-state index is 3.61. The third-order valence-corrected chi connectivity index (χ3v) is 4.99. The Morgan fingerprint density at radius 1 is 1.19 bits per heavy atom. The molecule has 1 aromatic carbocycles. The van der Waals surface area contributed by atoms with Gasteiger partial charge in [0.25, 0.3) is 0 Å². The van der Waals surface area contributed by atoms with Gasteiger partial charge in [0, 0.05) is 19.1 Å². The molecule has 1 atom stereocenters. The van der Waals surface area contributed by atoms with E-state index in [1.54, 1.807) is 11.1 Å². The molecule has 0 aromatic heterocycles. The number of hydrogen-bond donors (Lipinski definition) is 1. The molecule has 21 heavy (non-hydrogen) atoms. The summed E-state index contributed by atoms with van der Waals surface area (Å²) < 4.78 is 0. The highest BCUT2D eigenvalue weighted by Crippen LogP contribution is 2.24. The van der Waals surface area contributed by atoms with Gasteiger partial charge in [-0.05, 0) is 67.8 Å². The Balaban J connectivity index is 1.54. The van der Waals surface area contributed by atoms with Crippen molar-refractivity contribution in [3.63, 3.8) is 0 Å². The highest BCUT2D eigenvalue weighted by Gasteiger charge is 2.20. The molecule has 0 amide bonds. The van der Waals surface area contributed by atoms with E-state index in [9.17, 15) is 0 Å². The van der Waals surface area contributed by atoms with Crippen molar-refractivity contribution in [2.75, 3.05) is 19.6 Å². The van der Waals surface area contributed by atoms with Crippen LogP contribution in [-0.2, 0) is 19.4 Å². The summed E-state index contributed by atoms with van der Waals surface area (Å²) in [5, 5.41) is 3.61. The van der Waals surface area contributed by atoms with Crippen molar-refractivity contribution in [3.8, 4) is 0 Å². The van der Waals surface area contributed by atoms with Crippen molar-refractivity contribution >= 4 is 0 Å². The first-order chi connectivity index (χ1) is 10.2. The molecule has 1 unspecified atom stereocenters. The lowest BCUT2D eigenvalue weighted by Crippen LogP contribution is -2.40. The van der Waals surface area contributed by atoms with Gasteiger partial charge < -0.3 is 5.32 Å². The molecular weight excluding hydrogens is 256 g/mol. The van der Waals surface area contributed by atoms with Crippen molar-refractivity contribution in [3.05, 3.63) is 34.9 Å². The molecule has 0 saturated carbocycles. The van der Waals surface area contributed by atoms with Crippen molar-refractivity contribution in [2.24, 2.45) is 5.92 Å². The number of benzene rings is 1. The zero-order chi connectivity index (χ0) is 14.7. The number of aryl methyl sites for hydroxylation is 2. The van der Waals surface area contributed by atoms with Gasteiger partial charge in [-0.3, -0.25) is 4.90 Å². The van der Waals surface area contributed by atoms with Gasteiger partial charge in [-0.15, -0.1) is 0 Å². The normalized spacial score (nSPS) is 22.7. The summed E-state index contributed by atoms with van der Waals surface area (Å²) in [6.45, 7) is 9.34. The number of piperidine rings is 1. The van der Waals surface area contributed by atoms with Gasteiger partial charge in [0.1, 0.15) is 0 Å². The predicted molar refractivity (Wildman–Crippen MR) is 89.6 cm³/mol. The second-order valence-electron chi connectivity index (χ2n) is 7.26. The lowest BCUT2D eigenvalue weighted by Gasteiger charge is -2.33. The third-order valence-electron chi connectivity index (χ3n) is 4.99. The first-order valence-electron chi connectivity index (χ1n) is 8.77. The maximum Gasteiger partial charge on any atom is 0.0233 e. The lowest BCUT2D eigenvalue weighted by atomic mass is 9.97. The van der Waals surface area contributed by atoms with Crippen LogP contribution in [0.15, 0.2) is 18.2 Å². The van der Waals surface area contributed by atoms with Gasteiger partial charge in [0.15, 0.2) is 0 Å². The lowest BCUT2D eigenvalue weighted by molar-refractivity contribution is 0.164. The number of likely N-dealkylation sites (tertiary alicyclic amines) is 1. The van der Waals surface area contributed by atoms with E-state index in [2.05, 4.69) is 42.3 Å². The number of rotatable bonds is 5. The minimum atomic E-state index is 0.608. The van der Waals surface area contributed by atoms with Crippen molar-refractivity contribution in [2.45, 2.75) is 58.5 Å². The summed E-state index contributed by atoms with van der Waals surface area (Å²) in [7, 11) is 0. The largest absolute Gasteiger partial charge is 0.314 e. The molecule has 1 heterocycles. The fourth-order valence-corrected chi connectivity index (χ4v) is 3.85. The van der Waals surface area contributed by atoms with Crippen molar-refractivity contribution in [1.82, 2.24) is 10.2 Å². The van der Waals surface area contributed by atoms with Gasteiger partial charge in [-0.25, -0.2) is 0 Å². The molecular formula is C19H30N2. The quantitative estimate of drug-likeness (QED) is 0.892. The van der Waals surface area contributed by atoms with Gasteiger partial charge in [0.2, 0.25) is 0 Å². The van der Waals surface area contributed by atoms with Crippen LogP contribution in [0.5, 0.6) is 0 Å². The fourth-order valence-electron chi connectivity index (χ4n) is 3.85. The Hall–Kier alpha value is -0.860. The van der Waals surface area contributed by atoms with E-state index in [1.165, 1.54) is 57.3 Å².